The highest BCUT2D eigenvalue weighted by atomic mass is 32.2. The number of nitrogens with one attached hydrogen (secondary N) is 2. The molecule has 0 fully saturated rings. The Balaban J connectivity index is 3.03. The summed E-state index contributed by atoms with van der Waals surface area (Å²) in [6, 6.07) is 2.43. The zero-order valence-corrected chi connectivity index (χ0v) is 14.4. The number of amides is 1. The molecule has 134 valence electrons. The minimum atomic E-state index is -4.28. The maximum Gasteiger partial charge on any atom is 0.326 e. The average molecular weight is 360 g/mol. The molecule has 1 amide bonds. The van der Waals surface area contributed by atoms with Crippen molar-refractivity contribution in [2.75, 3.05) is 0 Å². The van der Waals surface area contributed by atoms with Gasteiger partial charge in [0.2, 0.25) is 15.9 Å². The van der Waals surface area contributed by atoms with Crippen LogP contribution in [0.15, 0.2) is 29.2 Å². The van der Waals surface area contributed by atoms with Crippen LogP contribution in [0.3, 0.4) is 0 Å². The van der Waals surface area contributed by atoms with Crippen molar-refractivity contribution >= 4 is 21.9 Å². The number of carboxylic acid groups (broad SMARTS) is 1. The van der Waals surface area contributed by atoms with Gasteiger partial charge in [-0.15, -0.1) is 0 Å². The van der Waals surface area contributed by atoms with Gasteiger partial charge in [0.25, 0.3) is 0 Å². The Kier molecular flexibility index (Phi) is 6.85. The molecule has 0 saturated heterocycles. The van der Waals surface area contributed by atoms with Crippen molar-refractivity contribution < 1.29 is 27.5 Å². The molecule has 1 aromatic rings. The van der Waals surface area contributed by atoms with Crippen LogP contribution in [0, 0.1) is 11.7 Å². The summed E-state index contributed by atoms with van der Waals surface area (Å²) in [7, 11) is -4.28. The Bertz CT molecular complexity index is 706. The molecule has 9 heteroatoms. The van der Waals surface area contributed by atoms with E-state index in [4.69, 9.17) is 5.11 Å². The fourth-order valence-corrected chi connectivity index (χ4v) is 3.41. The van der Waals surface area contributed by atoms with Crippen LogP contribution in [0.4, 0.5) is 4.39 Å². The second-order valence-corrected chi connectivity index (χ2v) is 7.26. The van der Waals surface area contributed by atoms with E-state index in [0.29, 0.717) is 0 Å². The summed E-state index contributed by atoms with van der Waals surface area (Å²) in [5.41, 5.74) is 0. The van der Waals surface area contributed by atoms with E-state index in [1.54, 1.807) is 20.8 Å². The maximum atomic E-state index is 13.7. The number of halogens is 1. The first-order valence-corrected chi connectivity index (χ1v) is 8.88. The Hall–Kier alpha value is -2.00. The third-order valence-electron chi connectivity index (χ3n) is 3.38. The Morgan fingerprint density at radius 2 is 1.83 bits per heavy atom. The molecule has 0 aliphatic heterocycles. The highest BCUT2D eigenvalue weighted by Crippen LogP contribution is 2.15. The molecule has 7 nitrogen and oxygen atoms in total. The Morgan fingerprint density at radius 3 is 2.29 bits per heavy atom. The lowest BCUT2D eigenvalue weighted by Crippen LogP contribution is -2.53. The predicted octanol–water partition coefficient (Wildman–Crippen LogP) is 1.11. The van der Waals surface area contributed by atoms with Crippen LogP contribution in [-0.2, 0) is 19.6 Å². The number of aliphatic carboxylic acids is 1. The van der Waals surface area contributed by atoms with E-state index < -0.39 is 50.6 Å². The Labute approximate surface area is 140 Å². The molecule has 0 aliphatic rings. The van der Waals surface area contributed by atoms with E-state index in [2.05, 4.69) is 10.0 Å². The third kappa shape index (κ3) is 5.00. The van der Waals surface area contributed by atoms with Gasteiger partial charge in [0.15, 0.2) is 0 Å². The number of carbonyl (C=O) groups is 2. The van der Waals surface area contributed by atoms with E-state index in [-0.39, 0.29) is 6.42 Å². The van der Waals surface area contributed by atoms with Gasteiger partial charge >= 0.3 is 5.97 Å². The van der Waals surface area contributed by atoms with E-state index in [1.165, 1.54) is 12.1 Å². The van der Waals surface area contributed by atoms with Crippen molar-refractivity contribution in [3.8, 4) is 0 Å². The summed E-state index contributed by atoms with van der Waals surface area (Å²) in [5.74, 6) is -3.41. The van der Waals surface area contributed by atoms with Crippen molar-refractivity contribution in [1.82, 2.24) is 10.0 Å². The molecule has 1 aromatic carbocycles. The fourth-order valence-electron chi connectivity index (χ4n) is 1.99. The molecule has 0 radical (unpaired) electrons. The van der Waals surface area contributed by atoms with Crippen LogP contribution in [0.25, 0.3) is 0 Å². The van der Waals surface area contributed by atoms with Crippen molar-refractivity contribution in [3.63, 3.8) is 0 Å². The van der Waals surface area contributed by atoms with Gasteiger partial charge < -0.3 is 10.4 Å². The fraction of sp³-hybridized carbons (Fsp3) is 0.467. The number of hydrogen-bond donors (Lipinski definition) is 3. The van der Waals surface area contributed by atoms with Crippen LogP contribution in [0.1, 0.15) is 27.2 Å². The van der Waals surface area contributed by atoms with Gasteiger partial charge in [-0.05, 0) is 24.5 Å². The first kappa shape index (κ1) is 20.0. The lowest BCUT2D eigenvalue weighted by molar-refractivity contribution is -0.142. The number of benzene rings is 1. The van der Waals surface area contributed by atoms with Gasteiger partial charge in [-0.25, -0.2) is 17.6 Å². The van der Waals surface area contributed by atoms with Crippen molar-refractivity contribution in [1.29, 1.82) is 0 Å². The molecular formula is C15H21FN2O5S. The lowest BCUT2D eigenvalue weighted by atomic mass is 10.0. The maximum absolute atomic E-state index is 13.7. The second kappa shape index (κ2) is 8.20. The summed E-state index contributed by atoms with van der Waals surface area (Å²) < 4.78 is 40.5. The van der Waals surface area contributed by atoms with Gasteiger partial charge in [-0.3, -0.25) is 4.79 Å². The van der Waals surface area contributed by atoms with Gasteiger partial charge in [-0.2, -0.15) is 4.72 Å². The molecule has 0 aromatic heterocycles. The van der Waals surface area contributed by atoms with E-state index in [9.17, 15) is 22.4 Å². The standard InChI is InChI=1S/C15H21FN2O5S/c1-4-11(15(20)21)17-14(19)13(9(2)3)18-24(22,23)12-8-6-5-7-10(12)16/h5-9,11,13,18H,4H2,1-3H3,(H,17,19)(H,20,21). The molecule has 3 N–H and O–H groups in total. The molecule has 2 unspecified atom stereocenters. The summed E-state index contributed by atoms with van der Waals surface area (Å²) in [6.45, 7) is 4.76. The smallest absolute Gasteiger partial charge is 0.326 e. The molecule has 2 atom stereocenters. The molecule has 0 bridgehead atoms. The number of rotatable bonds is 8. The summed E-state index contributed by atoms with van der Waals surface area (Å²) in [5, 5.41) is 11.3. The molecule has 0 aliphatic carbocycles. The van der Waals surface area contributed by atoms with Crippen LogP contribution in [0.2, 0.25) is 0 Å². The zero-order valence-electron chi connectivity index (χ0n) is 13.6. The number of sulfonamides is 1. The van der Waals surface area contributed by atoms with E-state index in [0.717, 1.165) is 12.1 Å². The quantitative estimate of drug-likeness (QED) is 0.643. The zero-order chi connectivity index (χ0) is 18.5. The summed E-state index contributed by atoms with van der Waals surface area (Å²) in [4.78, 5) is 22.7. The number of carboxylic acids is 1. The molecular weight excluding hydrogens is 339 g/mol. The van der Waals surface area contributed by atoms with Crippen LogP contribution in [0.5, 0.6) is 0 Å². The van der Waals surface area contributed by atoms with Crippen LogP contribution < -0.4 is 10.0 Å². The number of hydrogen-bond acceptors (Lipinski definition) is 4. The average Bonchev–Trinajstić information content (AvgIpc) is 2.49. The molecule has 0 heterocycles. The first-order valence-electron chi connectivity index (χ1n) is 7.40. The number of carbonyl (C=O) groups excluding carboxylic acids is 1. The van der Waals surface area contributed by atoms with Gasteiger partial charge in [0, 0.05) is 0 Å². The van der Waals surface area contributed by atoms with Crippen molar-refractivity contribution in [3.05, 3.63) is 30.1 Å². The van der Waals surface area contributed by atoms with Gasteiger partial charge in [0.05, 0.1) is 0 Å². The molecule has 1 rings (SSSR count). The highest BCUT2D eigenvalue weighted by Gasteiger charge is 2.31. The molecule has 24 heavy (non-hydrogen) atoms. The van der Waals surface area contributed by atoms with Crippen molar-refractivity contribution in [2.45, 2.75) is 44.2 Å². The Morgan fingerprint density at radius 1 is 1.25 bits per heavy atom. The van der Waals surface area contributed by atoms with Crippen molar-refractivity contribution in [2.24, 2.45) is 5.92 Å². The minimum Gasteiger partial charge on any atom is -0.480 e. The highest BCUT2D eigenvalue weighted by molar-refractivity contribution is 7.89. The minimum absolute atomic E-state index is 0.145. The molecule has 0 spiro atoms. The second-order valence-electron chi connectivity index (χ2n) is 5.58. The molecule has 0 saturated carbocycles. The monoisotopic (exact) mass is 360 g/mol. The van der Waals surface area contributed by atoms with Gasteiger partial charge in [-0.1, -0.05) is 32.9 Å². The largest absolute Gasteiger partial charge is 0.480 e. The third-order valence-corrected chi connectivity index (χ3v) is 4.85. The lowest BCUT2D eigenvalue weighted by Gasteiger charge is -2.23. The first-order chi connectivity index (χ1) is 11.1. The van der Waals surface area contributed by atoms with Gasteiger partial charge in [0.1, 0.15) is 22.8 Å². The SMILES string of the molecule is CCC(NC(=O)C(NS(=O)(=O)c1ccccc1F)C(C)C)C(=O)O. The topological polar surface area (TPSA) is 113 Å². The summed E-state index contributed by atoms with van der Waals surface area (Å²) >= 11 is 0. The normalized spacial score (nSPS) is 14.2. The van der Waals surface area contributed by atoms with Crippen LogP contribution >= 0.6 is 0 Å². The summed E-state index contributed by atoms with van der Waals surface area (Å²) in [6.07, 6.45) is 0.145. The van der Waals surface area contributed by atoms with E-state index in [1.807, 2.05) is 0 Å². The van der Waals surface area contributed by atoms with Crippen LogP contribution in [-0.4, -0.2) is 37.5 Å². The van der Waals surface area contributed by atoms with E-state index >= 15 is 0 Å². The predicted molar refractivity (Wildman–Crippen MR) is 85.2 cm³/mol.